The van der Waals surface area contributed by atoms with Crippen LogP contribution in [0.25, 0.3) is 16.8 Å². The van der Waals surface area contributed by atoms with Crippen LogP contribution in [0.5, 0.6) is 5.75 Å². The fourth-order valence-electron chi connectivity index (χ4n) is 4.60. The average Bonchev–Trinajstić information content (AvgIpc) is 3.19. The molecule has 8 heteroatoms. The normalized spacial score (nSPS) is 15.5. The van der Waals surface area contributed by atoms with Gasteiger partial charge in [-0.05, 0) is 61.6 Å². The van der Waals surface area contributed by atoms with E-state index in [0.29, 0.717) is 27.2 Å². The van der Waals surface area contributed by atoms with Crippen molar-refractivity contribution in [1.29, 1.82) is 0 Å². The van der Waals surface area contributed by atoms with Crippen molar-refractivity contribution in [2.75, 3.05) is 13.2 Å². The molecule has 6 nitrogen and oxygen atoms in total. The molecule has 3 aromatic carbocycles. The van der Waals surface area contributed by atoms with Gasteiger partial charge in [0.15, 0.2) is 4.80 Å². The van der Waals surface area contributed by atoms with E-state index in [2.05, 4.69) is 20.9 Å². The monoisotopic (exact) mass is 576 g/mol. The molecule has 37 heavy (non-hydrogen) atoms. The summed E-state index contributed by atoms with van der Waals surface area (Å²) >= 11 is 4.78. The average molecular weight is 578 g/mol. The maximum absolute atomic E-state index is 13.9. The Morgan fingerprint density at radius 3 is 2.49 bits per heavy atom. The minimum absolute atomic E-state index is 0.205. The lowest BCUT2D eigenvalue weighted by Crippen LogP contribution is -2.39. The molecule has 0 aliphatic carbocycles. The number of allylic oxidation sites excluding steroid dienone is 1. The molecular weight excluding hydrogens is 552 g/mol. The maximum Gasteiger partial charge on any atom is 0.338 e. The number of nitrogens with zero attached hydrogens (tertiary/aromatic N) is 2. The van der Waals surface area contributed by atoms with Gasteiger partial charge in [0, 0.05) is 9.86 Å². The number of hydrogen-bond donors (Lipinski definition) is 0. The van der Waals surface area contributed by atoms with E-state index in [-0.39, 0.29) is 12.2 Å². The van der Waals surface area contributed by atoms with Crippen molar-refractivity contribution in [1.82, 2.24) is 4.57 Å². The topological polar surface area (TPSA) is 69.9 Å². The van der Waals surface area contributed by atoms with Crippen LogP contribution in [0.15, 0.2) is 86.2 Å². The van der Waals surface area contributed by atoms with Crippen LogP contribution in [0.2, 0.25) is 0 Å². The van der Waals surface area contributed by atoms with Gasteiger partial charge in [0.1, 0.15) is 5.75 Å². The first-order chi connectivity index (χ1) is 17.9. The van der Waals surface area contributed by atoms with Crippen LogP contribution in [0.4, 0.5) is 0 Å². The number of fused-ring (bicyclic) bond motifs is 2. The Bertz CT molecular complexity index is 1720. The number of hydrogen-bond acceptors (Lipinski definition) is 6. The summed E-state index contributed by atoms with van der Waals surface area (Å²) in [4.78, 5) is 32.1. The van der Waals surface area contributed by atoms with Crippen molar-refractivity contribution in [3.63, 3.8) is 0 Å². The highest BCUT2D eigenvalue weighted by atomic mass is 79.9. The molecule has 1 aliphatic heterocycles. The molecule has 1 atom stereocenters. The second-order valence-corrected chi connectivity index (χ2v) is 10.4. The predicted molar refractivity (Wildman–Crippen MR) is 150 cm³/mol. The fraction of sp³-hybridized carbons (Fsp3) is 0.207. The molecule has 0 N–H and O–H groups in total. The first-order valence-electron chi connectivity index (χ1n) is 12.0. The second kappa shape index (κ2) is 10.5. The number of halogens is 1. The minimum Gasteiger partial charge on any atom is -0.493 e. The molecule has 0 saturated carbocycles. The molecular formula is C29H25BrN2O4S. The Morgan fingerprint density at radius 2 is 1.78 bits per heavy atom. The van der Waals surface area contributed by atoms with Crippen LogP contribution < -0.4 is 19.6 Å². The number of carbonyl (C=O) groups is 1. The summed E-state index contributed by atoms with van der Waals surface area (Å²) in [6.07, 6.45) is 1.89. The Labute approximate surface area is 226 Å². The van der Waals surface area contributed by atoms with Gasteiger partial charge < -0.3 is 9.47 Å². The molecule has 0 amide bonds. The Morgan fingerprint density at radius 1 is 1.05 bits per heavy atom. The molecule has 0 bridgehead atoms. The van der Waals surface area contributed by atoms with Crippen LogP contribution in [-0.4, -0.2) is 23.8 Å². The zero-order valence-electron chi connectivity index (χ0n) is 20.7. The summed E-state index contributed by atoms with van der Waals surface area (Å²) in [6, 6.07) is 18.9. The third-order valence-corrected chi connectivity index (χ3v) is 7.72. The summed E-state index contributed by atoms with van der Waals surface area (Å²) < 4.78 is 14.2. The van der Waals surface area contributed by atoms with Crippen molar-refractivity contribution >= 4 is 50.1 Å². The summed E-state index contributed by atoms with van der Waals surface area (Å²) in [7, 11) is 0. The number of ether oxygens (including phenoxy) is 2. The largest absolute Gasteiger partial charge is 0.493 e. The number of rotatable bonds is 6. The highest BCUT2D eigenvalue weighted by Crippen LogP contribution is 2.32. The third-order valence-electron chi connectivity index (χ3n) is 6.21. The maximum atomic E-state index is 13.9. The van der Waals surface area contributed by atoms with Gasteiger partial charge in [0.25, 0.3) is 5.56 Å². The summed E-state index contributed by atoms with van der Waals surface area (Å²) in [5, 5.41) is 1.98. The van der Waals surface area contributed by atoms with Gasteiger partial charge in [0.2, 0.25) is 0 Å². The molecule has 1 aromatic heterocycles. The molecule has 2 heterocycles. The van der Waals surface area contributed by atoms with Crippen LogP contribution >= 0.6 is 27.3 Å². The number of esters is 1. The van der Waals surface area contributed by atoms with E-state index in [0.717, 1.165) is 32.1 Å². The highest BCUT2D eigenvalue weighted by molar-refractivity contribution is 9.10. The molecule has 0 fully saturated rings. The van der Waals surface area contributed by atoms with Gasteiger partial charge in [-0.1, -0.05) is 69.7 Å². The van der Waals surface area contributed by atoms with Gasteiger partial charge in [-0.2, -0.15) is 0 Å². The van der Waals surface area contributed by atoms with E-state index in [1.54, 1.807) is 18.4 Å². The Hall–Kier alpha value is -3.49. The Kier molecular flexibility index (Phi) is 7.13. The van der Waals surface area contributed by atoms with Gasteiger partial charge in [-0.15, -0.1) is 0 Å². The van der Waals surface area contributed by atoms with Gasteiger partial charge >= 0.3 is 5.97 Å². The van der Waals surface area contributed by atoms with E-state index in [1.165, 1.54) is 11.3 Å². The highest BCUT2D eigenvalue weighted by Gasteiger charge is 2.33. The first-order valence-corrected chi connectivity index (χ1v) is 13.6. The molecule has 0 unspecified atom stereocenters. The number of aromatic nitrogens is 1. The Balaban J connectivity index is 1.73. The fourth-order valence-corrected chi connectivity index (χ4v) is 5.90. The molecule has 188 valence electrons. The predicted octanol–water partition coefficient (Wildman–Crippen LogP) is 5.11. The third kappa shape index (κ3) is 4.67. The zero-order valence-corrected chi connectivity index (χ0v) is 23.1. The van der Waals surface area contributed by atoms with Crippen LogP contribution in [0.3, 0.4) is 0 Å². The number of benzene rings is 3. The van der Waals surface area contributed by atoms with Gasteiger partial charge in [0.05, 0.1) is 35.1 Å². The molecule has 0 radical (unpaired) electrons. The quantitative estimate of drug-likeness (QED) is 0.299. The van der Waals surface area contributed by atoms with Gasteiger partial charge in [-0.3, -0.25) is 9.36 Å². The smallest absolute Gasteiger partial charge is 0.338 e. The lowest BCUT2D eigenvalue weighted by molar-refractivity contribution is -0.139. The van der Waals surface area contributed by atoms with Crippen LogP contribution in [-0.2, 0) is 9.53 Å². The van der Waals surface area contributed by atoms with Crippen LogP contribution in [0, 0.1) is 0 Å². The van der Waals surface area contributed by atoms with E-state index in [1.807, 2.05) is 73.7 Å². The first kappa shape index (κ1) is 25.2. The van der Waals surface area contributed by atoms with Gasteiger partial charge in [-0.25, -0.2) is 9.79 Å². The van der Waals surface area contributed by atoms with Crippen molar-refractivity contribution in [2.24, 2.45) is 4.99 Å². The van der Waals surface area contributed by atoms with Crippen molar-refractivity contribution in [3.05, 3.63) is 107 Å². The zero-order chi connectivity index (χ0) is 26.1. The van der Waals surface area contributed by atoms with E-state index < -0.39 is 12.0 Å². The van der Waals surface area contributed by atoms with Crippen molar-refractivity contribution in [2.45, 2.75) is 26.8 Å². The molecule has 5 rings (SSSR count). The summed E-state index contributed by atoms with van der Waals surface area (Å²) in [5.74, 6) is 0.338. The molecule has 1 aliphatic rings. The standard InChI is InChI=1S/C29H25BrN2O4S/c1-4-35-23-15-12-19(21-8-6-7-9-22(21)23)16-24-27(33)32-26(18-10-13-20(30)14-11-18)25(28(34)36-5-2)17(3)31-29(32)37-24/h6-16,26H,4-5H2,1-3H3/b24-16-/t26-/m1/s1. The number of carbonyl (C=O) groups excluding carboxylic acids is 1. The van der Waals surface area contributed by atoms with E-state index in [9.17, 15) is 9.59 Å². The molecule has 4 aromatic rings. The van der Waals surface area contributed by atoms with E-state index >= 15 is 0 Å². The molecule has 0 spiro atoms. The molecule has 0 saturated heterocycles. The van der Waals surface area contributed by atoms with Crippen LogP contribution in [0.1, 0.15) is 37.9 Å². The van der Waals surface area contributed by atoms with Crippen molar-refractivity contribution in [3.8, 4) is 5.75 Å². The second-order valence-electron chi connectivity index (χ2n) is 8.49. The summed E-state index contributed by atoms with van der Waals surface area (Å²) in [5.41, 5.74) is 2.43. The summed E-state index contributed by atoms with van der Waals surface area (Å²) in [6.45, 7) is 6.31. The lowest BCUT2D eigenvalue weighted by Gasteiger charge is -2.24. The number of thiazole rings is 1. The minimum atomic E-state index is -0.636. The SMILES string of the molecule is CCOC(=O)C1=C(C)N=c2s/c(=C\c3ccc(OCC)c4ccccc34)c(=O)n2[C@@H]1c1ccc(Br)cc1. The van der Waals surface area contributed by atoms with E-state index in [4.69, 9.17) is 9.47 Å². The lowest BCUT2D eigenvalue weighted by atomic mass is 9.96. The van der Waals surface area contributed by atoms with Crippen molar-refractivity contribution < 1.29 is 14.3 Å².